The molecule has 3 aromatic rings. The minimum absolute atomic E-state index is 0.145. The third-order valence-electron chi connectivity index (χ3n) is 4.45. The lowest BCUT2D eigenvalue weighted by atomic mass is 10.1. The monoisotopic (exact) mass is 338 g/mol. The molecule has 2 aromatic heterocycles. The summed E-state index contributed by atoms with van der Waals surface area (Å²) in [5, 5.41) is 0. The summed E-state index contributed by atoms with van der Waals surface area (Å²) in [7, 11) is 0. The summed E-state index contributed by atoms with van der Waals surface area (Å²) in [4.78, 5) is 34.4. The van der Waals surface area contributed by atoms with Crippen molar-refractivity contribution >= 4 is 0 Å². The minimum atomic E-state index is -0.455. The lowest BCUT2D eigenvalue weighted by Crippen LogP contribution is -2.25. The molecule has 0 aliphatic carbocycles. The van der Waals surface area contributed by atoms with Gasteiger partial charge < -0.3 is 9.40 Å². The van der Waals surface area contributed by atoms with E-state index in [0.29, 0.717) is 18.1 Å². The molecule has 0 bridgehead atoms. The number of aromatic nitrogens is 3. The van der Waals surface area contributed by atoms with Gasteiger partial charge in [0.2, 0.25) is 5.89 Å². The molecule has 7 nitrogen and oxygen atoms in total. The molecular formula is C18H18N4O3. The molecule has 1 atom stereocenters. The molecule has 0 saturated carbocycles. The van der Waals surface area contributed by atoms with E-state index in [1.165, 1.54) is 6.07 Å². The third-order valence-corrected chi connectivity index (χ3v) is 4.45. The van der Waals surface area contributed by atoms with Crippen LogP contribution in [-0.2, 0) is 6.54 Å². The smallest absolute Gasteiger partial charge is 0.325 e. The maximum Gasteiger partial charge on any atom is 0.325 e. The summed E-state index contributed by atoms with van der Waals surface area (Å²) in [6, 6.07) is 11.3. The molecule has 0 radical (unpaired) electrons. The largest absolute Gasteiger partial charge is 0.440 e. The van der Waals surface area contributed by atoms with Gasteiger partial charge >= 0.3 is 5.69 Å². The minimum Gasteiger partial charge on any atom is -0.440 e. The fraction of sp³-hybridized carbons (Fsp3) is 0.278. The van der Waals surface area contributed by atoms with Crippen molar-refractivity contribution in [3.8, 4) is 11.5 Å². The second-order valence-corrected chi connectivity index (χ2v) is 6.26. The van der Waals surface area contributed by atoms with E-state index >= 15 is 0 Å². The molecule has 1 saturated heterocycles. The van der Waals surface area contributed by atoms with E-state index in [1.54, 1.807) is 6.20 Å². The van der Waals surface area contributed by atoms with Crippen molar-refractivity contribution in [1.82, 2.24) is 19.9 Å². The van der Waals surface area contributed by atoms with Crippen LogP contribution in [0.1, 0.15) is 23.8 Å². The van der Waals surface area contributed by atoms with Gasteiger partial charge in [0.15, 0.2) is 0 Å². The van der Waals surface area contributed by atoms with Gasteiger partial charge in [-0.3, -0.25) is 14.7 Å². The molecule has 0 spiro atoms. The Hall–Kier alpha value is -2.93. The van der Waals surface area contributed by atoms with E-state index < -0.39 is 5.69 Å². The maximum atomic E-state index is 11.5. The van der Waals surface area contributed by atoms with Crippen molar-refractivity contribution in [1.29, 1.82) is 0 Å². The van der Waals surface area contributed by atoms with E-state index in [-0.39, 0.29) is 11.5 Å². The Morgan fingerprint density at radius 1 is 1.20 bits per heavy atom. The molecule has 128 valence electrons. The fourth-order valence-electron chi connectivity index (χ4n) is 3.25. The number of benzene rings is 1. The van der Waals surface area contributed by atoms with Gasteiger partial charge in [-0.15, -0.1) is 0 Å². The first kappa shape index (κ1) is 15.6. The van der Waals surface area contributed by atoms with Crippen LogP contribution >= 0.6 is 0 Å². The Morgan fingerprint density at radius 3 is 2.84 bits per heavy atom. The number of nitrogens with zero attached hydrogens (tertiary/aromatic N) is 2. The summed E-state index contributed by atoms with van der Waals surface area (Å²) >= 11 is 0. The van der Waals surface area contributed by atoms with Crippen molar-refractivity contribution in [2.45, 2.75) is 18.9 Å². The standard InChI is InChI=1S/C18H18N4O3/c23-16-8-15(20-18(24)21-16)13-6-7-22(10-13)11-14-9-19-17(25-14)12-4-2-1-3-5-12/h1-5,8-9,13H,6-7,10-11H2,(H2,20,21,23,24). The number of hydrogen-bond acceptors (Lipinski definition) is 5. The summed E-state index contributed by atoms with van der Waals surface area (Å²) in [6.07, 6.45) is 2.64. The van der Waals surface area contributed by atoms with Crippen LogP contribution in [-0.4, -0.2) is 32.9 Å². The van der Waals surface area contributed by atoms with Crippen molar-refractivity contribution in [2.75, 3.05) is 13.1 Å². The Kier molecular flexibility index (Phi) is 4.07. The van der Waals surface area contributed by atoms with Gasteiger partial charge in [0.1, 0.15) is 5.76 Å². The van der Waals surface area contributed by atoms with Crippen LogP contribution in [0.2, 0.25) is 0 Å². The SMILES string of the molecule is O=c1cc(C2CCN(Cc3cnc(-c4ccccc4)o3)C2)[nH]c(=O)[nH]1. The van der Waals surface area contributed by atoms with Crippen LogP contribution in [0.15, 0.2) is 56.6 Å². The van der Waals surface area contributed by atoms with Crippen LogP contribution in [0, 0.1) is 0 Å². The lowest BCUT2D eigenvalue weighted by Gasteiger charge is -2.14. The van der Waals surface area contributed by atoms with Gasteiger partial charge in [0.25, 0.3) is 5.56 Å². The Labute approximate surface area is 143 Å². The van der Waals surface area contributed by atoms with E-state index in [1.807, 2.05) is 30.3 Å². The molecule has 1 fully saturated rings. The molecule has 25 heavy (non-hydrogen) atoms. The average molecular weight is 338 g/mol. The van der Waals surface area contributed by atoms with E-state index in [2.05, 4.69) is 19.9 Å². The summed E-state index contributed by atoms with van der Waals surface area (Å²) < 4.78 is 5.85. The van der Waals surface area contributed by atoms with E-state index in [0.717, 1.165) is 30.8 Å². The van der Waals surface area contributed by atoms with Crippen LogP contribution in [0.4, 0.5) is 0 Å². The molecule has 1 aromatic carbocycles. The quantitative estimate of drug-likeness (QED) is 0.755. The second-order valence-electron chi connectivity index (χ2n) is 6.26. The molecule has 0 amide bonds. The Morgan fingerprint density at radius 2 is 2.04 bits per heavy atom. The first-order valence-corrected chi connectivity index (χ1v) is 8.23. The lowest BCUT2D eigenvalue weighted by molar-refractivity contribution is 0.295. The Balaban J connectivity index is 1.44. The first-order chi connectivity index (χ1) is 12.2. The number of aromatic amines is 2. The molecule has 3 heterocycles. The molecule has 1 unspecified atom stereocenters. The summed E-state index contributed by atoms with van der Waals surface area (Å²) in [6.45, 7) is 2.30. The van der Waals surface area contributed by atoms with Crippen molar-refractivity contribution in [2.24, 2.45) is 0 Å². The predicted octanol–water partition coefficient (Wildman–Crippen LogP) is 1.71. The zero-order valence-corrected chi connectivity index (χ0v) is 13.6. The van der Waals surface area contributed by atoms with E-state index in [9.17, 15) is 9.59 Å². The summed E-state index contributed by atoms with van der Waals surface area (Å²) in [5.74, 6) is 1.57. The van der Waals surface area contributed by atoms with Gasteiger partial charge in [-0.25, -0.2) is 9.78 Å². The summed E-state index contributed by atoms with van der Waals surface area (Å²) in [5.41, 5.74) is 0.830. The second kappa shape index (κ2) is 6.52. The number of oxazole rings is 1. The number of H-pyrrole nitrogens is 2. The predicted molar refractivity (Wildman–Crippen MR) is 92.3 cm³/mol. The number of likely N-dealkylation sites (tertiary alicyclic amines) is 1. The van der Waals surface area contributed by atoms with E-state index in [4.69, 9.17) is 4.42 Å². The number of nitrogens with one attached hydrogen (secondary N) is 2. The number of hydrogen-bond donors (Lipinski definition) is 2. The molecular weight excluding hydrogens is 320 g/mol. The van der Waals surface area contributed by atoms with Gasteiger partial charge in [-0.2, -0.15) is 0 Å². The van der Waals surface area contributed by atoms with Gasteiger partial charge in [-0.1, -0.05) is 18.2 Å². The first-order valence-electron chi connectivity index (χ1n) is 8.23. The molecule has 2 N–H and O–H groups in total. The third kappa shape index (κ3) is 3.46. The highest BCUT2D eigenvalue weighted by atomic mass is 16.4. The molecule has 4 rings (SSSR count). The highest BCUT2D eigenvalue weighted by Gasteiger charge is 2.25. The highest BCUT2D eigenvalue weighted by Crippen LogP contribution is 2.26. The normalized spacial score (nSPS) is 17.8. The van der Waals surface area contributed by atoms with Crippen molar-refractivity contribution < 1.29 is 4.42 Å². The molecule has 1 aliphatic heterocycles. The maximum absolute atomic E-state index is 11.5. The molecule has 1 aliphatic rings. The zero-order valence-electron chi connectivity index (χ0n) is 13.6. The van der Waals surface area contributed by atoms with Crippen molar-refractivity contribution in [3.05, 3.63) is 74.9 Å². The number of rotatable bonds is 4. The Bertz CT molecular complexity index is 945. The van der Waals surface area contributed by atoms with Crippen LogP contribution in [0.3, 0.4) is 0 Å². The van der Waals surface area contributed by atoms with Gasteiger partial charge in [0, 0.05) is 29.8 Å². The highest BCUT2D eigenvalue weighted by molar-refractivity contribution is 5.52. The average Bonchev–Trinajstić information content (AvgIpc) is 3.25. The van der Waals surface area contributed by atoms with Crippen LogP contribution in [0.25, 0.3) is 11.5 Å². The molecule has 7 heteroatoms. The zero-order chi connectivity index (χ0) is 17.2. The van der Waals surface area contributed by atoms with Gasteiger partial charge in [0.05, 0.1) is 12.7 Å². The fourth-order valence-corrected chi connectivity index (χ4v) is 3.25. The van der Waals surface area contributed by atoms with Crippen LogP contribution in [0.5, 0.6) is 0 Å². The van der Waals surface area contributed by atoms with Crippen LogP contribution < -0.4 is 11.2 Å². The van der Waals surface area contributed by atoms with Crippen molar-refractivity contribution in [3.63, 3.8) is 0 Å². The van der Waals surface area contributed by atoms with Gasteiger partial charge in [-0.05, 0) is 25.1 Å². The topological polar surface area (TPSA) is 95.0 Å².